The molecule has 16 heavy (non-hydrogen) atoms. The Morgan fingerprint density at radius 1 is 1.62 bits per heavy atom. The number of hydrogen-bond donors (Lipinski definition) is 2. The van der Waals surface area contributed by atoms with Crippen LogP contribution < -0.4 is 16.4 Å². The normalized spacial score (nSPS) is 20.1. The first-order chi connectivity index (χ1) is 7.72. The minimum atomic E-state index is -0.229. The maximum Gasteiger partial charge on any atom is 0.222 e. The molecule has 2 heterocycles. The van der Waals surface area contributed by atoms with E-state index in [1.54, 1.807) is 6.20 Å². The molecule has 1 aliphatic heterocycles. The number of anilines is 1. The molecule has 2 rings (SSSR count). The highest BCUT2D eigenvalue weighted by atomic mass is 16.1. The predicted octanol–water partition coefficient (Wildman–Crippen LogP) is -0.148. The van der Waals surface area contributed by atoms with Gasteiger partial charge in [-0.15, -0.1) is 0 Å². The van der Waals surface area contributed by atoms with Crippen LogP contribution in [0.1, 0.15) is 12.0 Å². The highest BCUT2D eigenvalue weighted by Gasteiger charge is 2.28. The van der Waals surface area contributed by atoms with E-state index in [1.807, 2.05) is 12.1 Å². The van der Waals surface area contributed by atoms with Gasteiger partial charge in [-0.3, -0.25) is 4.79 Å². The minimum Gasteiger partial charge on any atom is -0.369 e. The number of carbonyl (C=O) groups is 1. The van der Waals surface area contributed by atoms with E-state index in [1.165, 1.54) is 0 Å². The number of hydrogen-bond acceptors (Lipinski definition) is 4. The zero-order valence-corrected chi connectivity index (χ0v) is 9.10. The summed E-state index contributed by atoms with van der Waals surface area (Å²) in [5.41, 5.74) is 12.0. The molecule has 5 heteroatoms. The van der Waals surface area contributed by atoms with Crippen molar-refractivity contribution < 1.29 is 4.79 Å². The quantitative estimate of drug-likeness (QED) is 0.742. The molecule has 1 aromatic heterocycles. The second-order valence-electron chi connectivity index (χ2n) is 4.02. The van der Waals surface area contributed by atoms with Crippen LogP contribution in [0.25, 0.3) is 0 Å². The van der Waals surface area contributed by atoms with Gasteiger partial charge in [-0.2, -0.15) is 0 Å². The maximum atomic E-state index is 11.1. The summed E-state index contributed by atoms with van der Waals surface area (Å²) in [6, 6.07) is 3.83. The molecule has 0 aromatic carbocycles. The summed E-state index contributed by atoms with van der Waals surface area (Å²) >= 11 is 0. The summed E-state index contributed by atoms with van der Waals surface area (Å²) in [6.07, 6.45) is 2.54. The molecule has 0 aliphatic carbocycles. The van der Waals surface area contributed by atoms with Gasteiger partial charge in [0.1, 0.15) is 5.82 Å². The fraction of sp³-hybridized carbons (Fsp3) is 0.455. The van der Waals surface area contributed by atoms with Crippen molar-refractivity contribution in [3.05, 3.63) is 23.9 Å². The van der Waals surface area contributed by atoms with Gasteiger partial charge in [-0.25, -0.2) is 4.98 Å². The molecule has 4 N–H and O–H groups in total. The lowest BCUT2D eigenvalue weighted by molar-refractivity contribution is -0.121. The Morgan fingerprint density at radius 2 is 2.44 bits per heavy atom. The zero-order valence-electron chi connectivity index (χ0n) is 9.10. The Labute approximate surface area is 94.4 Å². The molecule has 86 valence electrons. The Morgan fingerprint density at radius 3 is 3.06 bits per heavy atom. The van der Waals surface area contributed by atoms with Crippen molar-refractivity contribution in [2.45, 2.75) is 13.0 Å². The third kappa shape index (κ3) is 1.99. The summed E-state index contributed by atoms with van der Waals surface area (Å²) in [5.74, 6) is 0.592. The van der Waals surface area contributed by atoms with Gasteiger partial charge in [0.05, 0.1) is 5.92 Å². The second-order valence-corrected chi connectivity index (χ2v) is 4.02. The molecule has 0 spiro atoms. The number of pyridine rings is 1. The lowest BCUT2D eigenvalue weighted by Gasteiger charge is -2.19. The summed E-state index contributed by atoms with van der Waals surface area (Å²) in [7, 11) is 0. The van der Waals surface area contributed by atoms with E-state index >= 15 is 0 Å². The fourth-order valence-electron chi connectivity index (χ4n) is 2.06. The van der Waals surface area contributed by atoms with E-state index in [9.17, 15) is 4.79 Å². The van der Waals surface area contributed by atoms with Gasteiger partial charge in [0.2, 0.25) is 5.91 Å². The Balaban J connectivity index is 2.17. The molecule has 0 bridgehead atoms. The van der Waals surface area contributed by atoms with Crippen LogP contribution in [0.15, 0.2) is 18.3 Å². The standard InChI is InChI=1S/C11H16N4O/c12-6-8-2-1-4-14-11(8)15-5-3-9(7-15)10(13)16/h1-2,4,9H,3,5-7,12H2,(H2,13,16). The lowest BCUT2D eigenvalue weighted by atomic mass is 10.1. The van der Waals surface area contributed by atoms with Crippen LogP contribution in [0.3, 0.4) is 0 Å². The second kappa shape index (κ2) is 4.49. The number of primary amides is 1. The van der Waals surface area contributed by atoms with Gasteiger partial charge in [-0.1, -0.05) is 6.07 Å². The third-order valence-electron chi connectivity index (χ3n) is 2.98. The predicted molar refractivity (Wildman–Crippen MR) is 61.6 cm³/mol. The zero-order chi connectivity index (χ0) is 11.5. The molecule has 0 radical (unpaired) electrons. The Kier molecular flexibility index (Phi) is 3.05. The van der Waals surface area contributed by atoms with Gasteiger partial charge >= 0.3 is 0 Å². The number of rotatable bonds is 3. The van der Waals surface area contributed by atoms with E-state index in [2.05, 4.69) is 9.88 Å². The molecule has 1 unspecified atom stereocenters. The number of amides is 1. The molecule has 0 saturated carbocycles. The first-order valence-electron chi connectivity index (χ1n) is 5.40. The fourth-order valence-corrected chi connectivity index (χ4v) is 2.06. The van der Waals surface area contributed by atoms with E-state index in [0.717, 1.165) is 24.3 Å². The van der Waals surface area contributed by atoms with Crippen LogP contribution in [0.5, 0.6) is 0 Å². The molecule has 1 saturated heterocycles. The smallest absolute Gasteiger partial charge is 0.222 e. The van der Waals surface area contributed by atoms with Crippen molar-refractivity contribution in [1.82, 2.24) is 4.98 Å². The van der Waals surface area contributed by atoms with Crippen LogP contribution in [-0.4, -0.2) is 24.0 Å². The van der Waals surface area contributed by atoms with E-state index in [0.29, 0.717) is 13.1 Å². The van der Waals surface area contributed by atoms with E-state index < -0.39 is 0 Å². The monoisotopic (exact) mass is 220 g/mol. The van der Waals surface area contributed by atoms with Gasteiger partial charge in [-0.05, 0) is 12.5 Å². The first kappa shape index (κ1) is 10.9. The van der Waals surface area contributed by atoms with Gasteiger partial charge in [0.25, 0.3) is 0 Å². The number of carbonyl (C=O) groups excluding carboxylic acids is 1. The molecule has 1 aromatic rings. The van der Waals surface area contributed by atoms with Gasteiger partial charge in [0.15, 0.2) is 0 Å². The molecule has 1 fully saturated rings. The van der Waals surface area contributed by atoms with Crippen LogP contribution in [0, 0.1) is 5.92 Å². The molecule has 1 aliphatic rings. The SMILES string of the molecule is NCc1cccnc1N1CCC(C(N)=O)C1. The average Bonchev–Trinajstić information content (AvgIpc) is 2.78. The molecular formula is C11H16N4O. The molecule has 1 amide bonds. The maximum absolute atomic E-state index is 11.1. The van der Waals surface area contributed by atoms with Gasteiger partial charge in [0, 0.05) is 31.4 Å². The first-order valence-corrected chi connectivity index (χ1v) is 5.40. The topological polar surface area (TPSA) is 85.2 Å². The summed E-state index contributed by atoms with van der Waals surface area (Å²) in [6.45, 7) is 1.93. The van der Waals surface area contributed by atoms with Crippen molar-refractivity contribution in [3.63, 3.8) is 0 Å². The largest absolute Gasteiger partial charge is 0.369 e. The highest BCUT2D eigenvalue weighted by molar-refractivity contribution is 5.78. The average molecular weight is 220 g/mol. The van der Waals surface area contributed by atoms with E-state index in [-0.39, 0.29) is 11.8 Å². The highest BCUT2D eigenvalue weighted by Crippen LogP contribution is 2.24. The third-order valence-corrected chi connectivity index (χ3v) is 2.98. The van der Waals surface area contributed by atoms with Crippen molar-refractivity contribution in [2.75, 3.05) is 18.0 Å². The molecule has 1 atom stereocenters. The summed E-state index contributed by atoms with van der Waals surface area (Å²) in [5, 5.41) is 0. The molecular weight excluding hydrogens is 204 g/mol. The Hall–Kier alpha value is -1.62. The van der Waals surface area contributed by atoms with E-state index in [4.69, 9.17) is 11.5 Å². The minimum absolute atomic E-state index is 0.0624. The number of nitrogens with zero attached hydrogens (tertiary/aromatic N) is 2. The lowest BCUT2D eigenvalue weighted by Crippen LogP contribution is -2.28. The van der Waals surface area contributed by atoms with Crippen molar-refractivity contribution in [3.8, 4) is 0 Å². The van der Waals surface area contributed by atoms with Gasteiger partial charge < -0.3 is 16.4 Å². The van der Waals surface area contributed by atoms with Crippen LogP contribution in [0.2, 0.25) is 0 Å². The summed E-state index contributed by atoms with van der Waals surface area (Å²) in [4.78, 5) is 17.5. The van der Waals surface area contributed by atoms with Crippen LogP contribution >= 0.6 is 0 Å². The van der Waals surface area contributed by atoms with Crippen LogP contribution in [0.4, 0.5) is 5.82 Å². The summed E-state index contributed by atoms with van der Waals surface area (Å²) < 4.78 is 0. The van der Waals surface area contributed by atoms with Crippen LogP contribution in [-0.2, 0) is 11.3 Å². The van der Waals surface area contributed by atoms with Crippen molar-refractivity contribution in [2.24, 2.45) is 17.4 Å². The number of nitrogens with two attached hydrogens (primary N) is 2. The Bertz CT molecular complexity index is 393. The molecule has 5 nitrogen and oxygen atoms in total. The number of aromatic nitrogens is 1. The van der Waals surface area contributed by atoms with Crippen molar-refractivity contribution in [1.29, 1.82) is 0 Å². The van der Waals surface area contributed by atoms with Crippen molar-refractivity contribution >= 4 is 11.7 Å².